The number of aliphatic hydroxyl groups excluding tert-OH is 2. The van der Waals surface area contributed by atoms with Crippen molar-refractivity contribution in [2.45, 2.75) is 63.6 Å². The van der Waals surface area contributed by atoms with Crippen molar-refractivity contribution in [3.8, 4) is 0 Å². The molecule has 112 valence electrons. The maximum atomic E-state index is 9.41. The lowest BCUT2D eigenvalue weighted by Crippen LogP contribution is -2.56. The molecule has 2 aliphatic rings. The molecule has 0 aromatic carbocycles. The maximum Gasteiger partial charge on any atom is 0.0558 e. The molecule has 0 aromatic heterocycles. The van der Waals surface area contributed by atoms with E-state index in [1.165, 1.54) is 25.7 Å². The Morgan fingerprint density at radius 1 is 1.00 bits per heavy atom. The van der Waals surface area contributed by atoms with Crippen LogP contribution in [0.5, 0.6) is 0 Å². The number of hydrogen-bond donors (Lipinski definition) is 2. The average molecular weight is 270 g/mol. The number of rotatable bonds is 4. The van der Waals surface area contributed by atoms with Crippen LogP contribution in [0, 0.1) is 0 Å². The highest BCUT2D eigenvalue weighted by Gasteiger charge is 2.42. The molecule has 1 heterocycles. The van der Waals surface area contributed by atoms with Gasteiger partial charge in [0.1, 0.15) is 0 Å². The Labute approximate surface area is 117 Å². The van der Waals surface area contributed by atoms with Crippen molar-refractivity contribution in [1.29, 1.82) is 0 Å². The SMILES string of the molecule is CC1(C)CCN(CCO)C2CCCCC2N1CCO. The van der Waals surface area contributed by atoms with Gasteiger partial charge < -0.3 is 10.2 Å². The first kappa shape index (κ1) is 15.2. The minimum Gasteiger partial charge on any atom is -0.395 e. The van der Waals surface area contributed by atoms with Gasteiger partial charge in [-0.1, -0.05) is 12.8 Å². The van der Waals surface area contributed by atoms with E-state index in [0.29, 0.717) is 12.1 Å². The van der Waals surface area contributed by atoms with Gasteiger partial charge in [-0.15, -0.1) is 0 Å². The summed E-state index contributed by atoms with van der Waals surface area (Å²) in [7, 11) is 0. The zero-order valence-corrected chi connectivity index (χ0v) is 12.5. The molecule has 1 saturated carbocycles. The van der Waals surface area contributed by atoms with Gasteiger partial charge in [-0.25, -0.2) is 0 Å². The lowest BCUT2D eigenvalue weighted by Gasteiger charge is -2.47. The first-order chi connectivity index (χ1) is 9.10. The van der Waals surface area contributed by atoms with E-state index in [4.69, 9.17) is 0 Å². The van der Waals surface area contributed by atoms with Gasteiger partial charge in [-0.2, -0.15) is 0 Å². The molecule has 1 aliphatic carbocycles. The molecule has 0 amide bonds. The highest BCUT2D eigenvalue weighted by molar-refractivity contribution is 4.99. The van der Waals surface area contributed by atoms with E-state index in [1.807, 2.05) is 0 Å². The second kappa shape index (κ2) is 6.53. The summed E-state index contributed by atoms with van der Waals surface area (Å²) in [6.07, 6.45) is 6.18. The molecular weight excluding hydrogens is 240 g/mol. The minimum absolute atomic E-state index is 0.146. The van der Waals surface area contributed by atoms with Crippen LogP contribution >= 0.6 is 0 Å². The Hall–Kier alpha value is -0.160. The molecule has 0 aromatic rings. The molecule has 0 spiro atoms. The summed E-state index contributed by atoms with van der Waals surface area (Å²) in [5.74, 6) is 0. The van der Waals surface area contributed by atoms with Gasteiger partial charge in [0, 0.05) is 37.3 Å². The molecule has 0 bridgehead atoms. The predicted octanol–water partition coefficient (Wildman–Crippen LogP) is 1.07. The van der Waals surface area contributed by atoms with E-state index >= 15 is 0 Å². The summed E-state index contributed by atoms with van der Waals surface area (Å²) >= 11 is 0. The van der Waals surface area contributed by atoms with Crippen LogP contribution in [-0.2, 0) is 0 Å². The summed E-state index contributed by atoms with van der Waals surface area (Å²) in [5.41, 5.74) is 0.146. The van der Waals surface area contributed by atoms with E-state index in [0.717, 1.165) is 26.1 Å². The first-order valence-corrected chi connectivity index (χ1v) is 7.82. The molecule has 4 heteroatoms. The van der Waals surface area contributed by atoms with Crippen molar-refractivity contribution in [1.82, 2.24) is 9.80 Å². The molecule has 19 heavy (non-hydrogen) atoms. The number of nitrogens with zero attached hydrogens (tertiary/aromatic N) is 2. The lowest BCUT2D eigenvalue weighted by molar-refractivity contribution is 0.0125. The number of fused-ring (bicyclic) bond motifs is 1. The van der Waals surface area contributed by atoms with Gasteiger partial charge >= 0.3 is 0 Å². The Bertz CT molecular complexity index is 283. The zero-order valence-electron chi connectivity index (χ0n) is 12.5. The molecule has 2 atom stereocenters. The standard InChI is InChI=1S/C15H30N2O2/c1-15(2)7-8-16(9-11-18)13-5-3-4-6-14(13)17(15)10-12-19/h13-14,18-19H,3-12H2,1-2H3. The fourth-order valence-corrected chi connectivity index (χ4v) is 4.04. The topological polar surface area (TPSA) is 46.9 Å². The Morgan fingerprint density at radius 2 is 1.63 bits per heavy atom. The van der Waals surface area contributed by atoms with Crippen LogP contribution < -0.4 is 0 Å². The number of hydrogen-bond acceptors (Lipinski definition) is 4. The van der Waals surface area contributed by atoms with E-state index in [2.05, 4.69) is 23.6 Å². The highest BCUT2D eigenvalue weighted by atomic mass is 16.3. The summed E-state index contributed by atoms with van der Waals surface area (Å²) in [5, 5.41) is 18.7. The molecular formula is C15H30N2O2. The Kier molecular flexibility index (Phi) is 5.23. The van der Waals surface area contributed by atoms with Gasteiger partial charge in [0.25, 0.3) is 0 Å². The van der Waals surface area contributed by atoms with Crippen LogP contribution in [0.25, 0.3) is 0 Å². The molecule has 1 aliphatic heterocycles. The van der Waals surface area contributed by atoms with Crippen molar-refractivity contribution >= 4 is 0 Å². The molecule has 2 fully saturated rings. The van der Waals surface area contributed by atoms with Crippen molar-refractivity contribution in [2.75, 3.05) is 32.8 Å². The second-order valence-corrected chi connectivity index (χ2v) is 6.66. The van der Waals surface area contributed by atoms with Crippen LogP contribution in [0.4, 0.5) is 0 Å². The molecule has 1 saturated heterocycles. The van der Waals surface area contributed by atoms with Crippen molar-refractivity contribution < 1.29 is 10.2 Å². The predicted molar refractivity (Wildman–Crippen MR) is 77.2 cm³/mol. The third-order valence-corrected chi connectivity index (χ3v) is 5.08. The maximum absolute atomic E-state index is 9.41. The molecule has 2 N–H and O–H groups in total. The summed E-state index contributed by atoms with van der Waals surface area (Å²) in [6.45, 7) is 7.74. The molecule has 2 rings (SSSR count). The van der Waals surface area contributed by atoms with Gasteiger partial charge in [0.2, 0.25) is 0 Å². The monoisotopic (exact) mass is 270 g/mol. The molecule has 0 radical (unpaired) electrons. The van der Waals surface area contributed by atoms with Gasteiger partial charge in [-0.05, 0) is 33.1 Å². The normalized spacial score (nSPS) is 32.8. The van der Waals surface area contributed by atoms with Crippen LogP contribution in [0.3, 0.4) is 0 Å². The summed E-state index contributed by atoms with van der Waals surface area (Å²) in [6, 6.07) is 1.11. The highest BCUT2D eigenvalue weighted by Crippen LogP contribution is 2.35. The molecule has 2 unspecified atom stereocenters. The van der Waals surface area contributed by atoms with E-state index < -0.39 is 0 Å². The number of β-amino-alcohol motifs (C(OH)–C–C–N with tert-alkyl or cyclic N) is 2. The van der Waals surface area contributed by atoms with Crippen molar-refractivity contribution in [2.24, 2.45) is 0 Å². The van der Waals surface area contributed by atoms with Crippen LogP contribution in [0.1, 0.15) is 46.0 Å². The Morgan fingerprint density at radius 3 is 2.26 bits per heavy atom. The Balaban J connectivity index is 2.22. The quantitative estimate of drug-likeness (QED) is 0.802. The fraction of sp³-hybridized carbons (Fsp3) is 1.00. The van der Waals surface area contributed by atoms with Crippen LogP contribution in [0.2, 0.25) is 0 Å². The average Bonchev–Trinajstić information content (AvgIpc) is 2.50. The van der Waals surface area contributed by atoms with E-state index in [1.54, 1.807) is 0 Å². The largest absolute Gasteiger partial charge is 0.395 e. The van der Waals surface area contributed by atoms with Crippen LogP contribution in [-0.4, -0.2) is 70.5 Å². The first-order valence-electron chi connectivity index (χ1n) is 7.82. The summed E-state index contributed by atoms with van der Waals surface area (Å²) in [4.78, 5) is 5.02. The third-order valence-electron chi connectivity index (χ3n) is 5.08. The fourth-order valence-electron chi connectivity index (χ4n) is 4.04. The minimum atomic E-state index is 0.146. The molecule has 4 nitrogen and oxygen atoms in total. The summed E-state index contributed by atoms with van der Waals surface area (Å²) < 4.78 is 0. The van der Waals surface area contributed by atoms with E-state index in [9.17, 15) is 10.2 Å². The van der Waals surface area contributed by atoms with Gasteiger partial charge in [0.15, 0.2) is 0 Å². The van der Waals surface area contributed by atoms with Gasteiger partial charge in [-0.3, -0.25) is 9.80 Å². The second-order valence-electron chi connectivity index (χ2n) is 6.66. The lowest BCUT2D eigenvalue weighted by atomic mass is 9.86. The van der Waals surface area contributed by atoms with Crippen molar-refractivity contribution in [3.05, 3.63) is 0 Å². The van der Waals surface area contributed by atoms with Crippen molar-refractivity contribution in [3.63, 3.8) is 0 Å². The van der Waals surface area contributed by atoms with Gasteiger partial charge in [0.05, 0.1) is 13.2 Å². The van der Waals surface area contributed by atoms with Crippen LogP contribution in [0.15, 0.2) is 0 Å². The smallest absolute Gasteiger partial charge is 0.0558 e. The number of aliphatic hydroxyl groups is 2. The zero-order chi connectivity index (χ0) is 13.9. The third kappa shape index (κ3) is 3.30. The van der Waals surface area contributed by atoms with E-state index in [-0.39, 0.29) is 18.8 Å².